The fourth-order valence-electron chi connectivity index (χ4n) is 4.90. The lowest BCUT2D eigenvalue weighted by Gasteiger charge is -2.27. The summed E-state index contributed by atoms with van der Waals surface area (Å²) in [5.41, 5.74) is 3.77. The van der Waals surface area contributed by atoms with Gasteiger partial charge in [-0.15, -0.1) is 0 Å². The lowest BCUT2D eigenvalue weighted by atomic mass is 9.94. The number of aliphatic hydroxyl groups excluding tert-OH is 1. The Labute approximate surface area is 223 Å². The van der Waals surface area contributed by atoms with E-state index in [-0.39, 0.29) is 11.3 Å². The van der Waals surface area contributed by atoms with Gasteiger partial charge in [0, 0.05) is 30.5 Å². The molecule has 3 aromatic rings. The number of rotatable bonds is 9. The molecule has 7 heteroatoms. The first-order chi connectivity index (χ1) is 18.4. The highest BCUT2D eigenvalue weighted by molar-refractivity contribution is 6.51. The molecule has 0 aromatic heterocycles. The Kier molecular flexibility index (Phi) is 8.05. The van der Waals surface area contributed by atoms with Crippen molar-refractivity contribution in [2.24, 2.45) is 0 Å². The van der Waals surface area contributed by atoms with Gasteiger partial charge in [0.2, 0.25) is 0 Å². The molecule has 0 saturated carbocycles. The largest absolute Gasteiger partial charge is 0.507 e. The van der Waals surface area contributed by atoms with Crippen molar-refractivity contribution >= 4 is 28.8 Å². The van der Waals surface area contributed by atoms with Gasteiger partial charge in [-0.05, 0) is 67.8 Å². The predicted octanol–water partition coefficient (Wildman–Crippen LogP) is 5.74. The second-order valence-electron chi connectivity index (χ2n) is 9.02. The molecule has 0 radical (unpaired) electrons. The summed E-state index contributed by atoms with van der Waals surface area (Å²) < 4.78 is 10.8. The van der Waals surface area contributed by atoms with Gasteiger partial charge in [-0.25, -0.2) is 0 Å². The first-order valence-corrected chi connectivity index (χ1v) is 12.9. The molecule has 3 aromatic carbocycles. The summed E-state index contributed by atoms with van der Waals surface area (Å²) >= 11 is 0. The molecule has 1 N–H and O–H groups in total. The second-order valence-corrected chi connectivity index (χ2v) is 9.02. The molecule has 1 saturated heterocycles. The van der Waals surface area contributed by atoms with Gasteiger partial charge in [0.05, 0.1) is 31.4 Å². The summed E-state index contributed by atoms with van der Waals surface area (Å²) in [6.07, 6.45) is 0.854. The van der Waals surface area contributed by atoms with Crippen molar-refractivity contribution in [2.45, 2.75) is 33.2 Å². The van der Waals surface area contributed by atoms with Crippen LogP contribution < -0.4 is 19.3 Å². The maximum atomic E-state index is 13.5. The molecule has 1 amide bonds. The highest BCUT2D eigenvalue weighted by atomic mass is 16.5. The average Bonchev–Trinajstić information content (AvgIpc) is 3.23. The number of carbonyl (C=O) groups excluding carboxylic acids is 2. The molecule has 1 unspecified atom stereocenters. The van der Waals surface area contributed by atoms with Gasteiger partial charge in [0.1, 0.15) is 17.3 Å². The van der Waals surface area contributed by atoms with Crippen molar-refractivity contribution in [3.8, 4) is 11.5 Å². The Hall–Kier alpha value is -4.26. The molecule has 1 aliphatic heterocycles. The van der Waals surface area contributed by atoms with E-state index in [0.29, 0.717) is 28.3 Å². The Morgan fingerprint density at radius 2 is 1.55 bits per heavy atom. The van der Waals surface area contributed by atoms with Gasteiger partial charge in [0.25, 0.3) is 11.7 Å². The van der Waals surface area contributed by atoms with E-state index in [9.17, 15) is 14.7 Å². The van der Waals surface area contributed by atoms with Crippen molar-refractivity contribution in [3.05, 3.63) is 89.0 Å². The Balaban J connectivity index is 1.91. The minimum absolute atomic E-state index is 0.00799. The molecule has 1 aliphatic rings. The maximum Gasteiger partial charge on any atom is 0.300 e. The summed E-state index contributed by atoms with van der Waals surface area (Å²) in [6, 6.07) is 19.5. The molecule has 0 bridgehead atoms. The Bertz CT molecular complexity index is 1340. The number of benzene rings is 3. The molecule has 1 fully saturated rings. The summed E-state index contributed by atoms with van der Waals surface area (Å²) in [5.74, 6) is -0.874. The number of methoxy groups -OCH3 is 2. The number of hydrogen-bond donors (Lipinski definition) is 1. The van der Waals surface area contributed by atoms with Crippen LogP contribution in [0.5, 0.6) is 11.5 Å². The van der Waals surface area contributed by atoms with Crippen molar-refractivity contribution in [1.82, 2.24) is 0 Å². The van der Waals surface area contributed by atoms with E-state index in [1.807, 2.05) is 48.5 Å². The number of ketones is 1. The molecular weight excluding hydrogens is 480 g/mol. The minimum atomic E-state index is -0.819. The average molecular weight is 515 g/mol. The second kappa shape index (κ2) is 11.4. The number of Topliss-reactive ketones (excluding diaryl/α,β-unsaturated/α-hetero) is 1. The van der Waals surface area contributed by atoms with E-state index in [0.717, 1.165) is 30.8 Å². The monoisotopic (exact) mass is 514 g/mol. The van der Waals surface area contributed by atoms with Crippen molar-refractivity contribution in [2.75, 3.05) is 37.1 Å². The molecule has 198 valence electrons. The fraction of sp³-hybridized carbons (Fsp3) is 0.290. The lowest BCUT2D eigenvalue weighted by molar-refractivity contribution is -0.132. The summed E-state index contributed by atoms with van der Waals surface area (Å²) in [4.78, 5) is 30.7. The third-order valence-electron chi connectivity index (χ3n) is 7.07. The van der Waals surface area contributed by atoms with Gasteiger partial charge in [-0.3, -0.25) is 14.5 Å². The van der Waals surface area contributed by atoms with Crippen LogP contribution in [0.3, 0.4) is 0 Å². The van der Waals surface area contributed by atoms with E-state index in [2.05, 4.69) is 25.7 Å². The molecule has 0 spiro atoms. The van der Waals surface area contributed by atoms with E-state index in [1.54, 1.807) is 18.2 Å². The topological polar surface area (TPSA) is 79.3 Å². The van der Waals surface area contributed by atoms with Crippen LogP contribution >= 0.6 is 0 Å². The third-order valence-corrected chi connectivity index (χ3v) is 7.07. The van der Waals surface area contributed by atoms with E-state index >= 15 is 0 Å². The van der Waals surface area contributed by atoms with Gasteiger partial charge in [-0.2, -0.15) is 0 Å². The van der Waals surface area contributed by atoms with Gasteiger partial charge in [0.15, 0.2) is 0 Å². The van der Waals surface area contributed by atoms with Crippen molar-refractivity contribution in [3.63, 3.8) is 0 Å². The SMILES string of the molecule is CCc1ccc(N2C(=O)C(=O)/C(=C(\O)c3ccc(OC)cc3OC)C2c2ccc(N(CC)CC)cc2)cc1. The number of nitrogens with zero attached hydrogens (tertiary/aromatic N) is 2. The van der Waals surface area contributed by atoms with Gasteiger partial charge >= 0.3 is 0 Å². The smallest absolute Gasteiger partial charge is 0.300 e. The minimum Gasteiger partial charge on any atom is -0.507 e. The zero-order valence-corrected chi connectivity index (χ0v) is 22.5. The lowest BCUT2D eigenvalue weighted by Crippen LogP contribution is -2.29. The molecule has 7 nitrogen and oxygen atoms in total. The highest BCUT2D eigenvalue weighted by Crippen LogP contribution is 2.44. The number of hydrogen-bond acceptors (Lipinski definition) is 6. The molecular formula is C31H34N2O5. The zero-order valence-electron chi connectivity index (χ0n) is 22.5. The van der Waals surface area contributed by atoms with Crippen LogP contribution in [-0.4, -0.2) is 44.1 Å². The first kappa shape index (κ1) is 26.8. The maximum absolute atomic E-state index is 13.5. The number of aliphatic hydroxyl groups is 1. The molecule has 38 heavy (non-hydrogen) atoms. The molecule has 0 aliphatic carbocycles. The van der Waals surface area contributed by atoms with Gasteiger partial charge in [-0.1, -0.05) is 31.2 Å². The van der Waals surface area contributed by atoms with Crippen LogP contribution in [0.2, 0.25) is 0 Å². The quantitative estimate of drug-likeness (QED) is 0.223. The summed E-state index contributed by atoms with van der Waals surface area (Å²) in [7, 11) is 3.01. The van der Waals surface area contributed by atoms with Gasteiger partial charge < -0.3 is 19.5 Å². The standard InChI is InChI=1S/C31H34N2O5/c1-6-20-9-13-23(14-10-20)33-28(21-11-15-22(16-12-21)32(7-2)8-3)27(30(35)31(33)36)29(34)25-18-17-24(37-4)19-26(25)38-5/h9-19,28,34H,6-8H2,1-5H3/b29-27-. The first-order valence-electron chi connectivity index (χ1n) is 12.9. The summed E-state index contributed by atoms with van der Waals surface area (Å²) in [5, 5.41) is 11.5. The van der Waals surface area contributed by atoms with E-state index in [1.165, 1.54) is 19.1 Å². The highest BCUT2D eigenvalue weighted by Gasteiger charge is 2.47. The van der Waals surface area contributed by atoms with Crippen LogP contribution in [0.1, 0.15) is 43.5 Å². The number of ether oxygens (including phenoxy) is 2. The van der Waals surface area contributed by atoms with E-state index < -0.39 is 17.7 Å². The van der Waals surface area contributed by atoms with Crippen LogP contribution in [-0.2, 0) is 16.0 Å². The number of carbonyl (C=O) groups is 2. The molecule has 4 rings (SSSR count). The summed E-state index contributed by atoms with van der Waals surface area (Å²) in [6.45, 7) is 7.95. The van der Waals surface area contributed by atoms with Crippen LogP contribution in [0.15, 0.2) is 72.3 Å². The Morgan fingerprint density at radius 1 is 0.895 bits per heavy atom. The number of aryl methyl sites for hydroxylation is 1. The normalized spacial score (nSPS) is 16.6. The van der Waals surface area contributed by atoms with E-state index in [4.69, 9.17) is 9.47 Å². The van der Waals surface area contributed by atoms with Crippen molar-refractivity contribution in [1.29, 1.82) is 0 Å². The zero-order chi connectivity index (χ0) is 27.4. The van der Waals surface area contributed by atoms with Crippen LogP contribution in [0.4, 0.5) is 11.4 Å². The predicted molar refractivity (Wildman–Crippen MR) is 150 cm³/mol. The number of anilines is 2. The number of amides is 1. The molecule has 1 heterocycles. The Morgan fingerprint density at radius 3 is 2.11 bits per heavy atom. The third kappa shape index (κ3) is 4.84. The van der Waals surface area contributed by atoms with Crippen LogP contribution in [0.25, 0.3) is 5.76 Å². The fourth-order valence-corrected chi connectivity index (χ4v) is 4.90. The van der Waals surface area contributed by atoms with Crippen molar-refractivity contribution < 1.29 is 24.2 Å². The molecule has 1 atom stereocenters. The van der Waals surface area contributed by atoms with Crippen LogP contribution in [0, 0.1) is 0 Å².